The summed E-state index contributed by atoms with van der Waals surface area (Å²) in [5.74, 6) is -0.137. The van der Waals surface area contributed by atoms with Gasteiger partial charge < -0.3 is 4.90 Å². The van der Waals surface area contributed by atoms with Gasteiger partial charge in [-0.3, -0.25) is 14.6 Å². The molecule has 132 valence electrons. The van der Waals surface area contributed by atoms with Gasteiger partial charge in [-0.25, -0.2) is 0 Å². The molecule has 2 aliphatic heterocycles. The Balaban J connectivity index is 1.77. The lowest BCUT2D eigenvalue weighted by Crippen LogP contribution is -2.46. The minimum Gasteiger partial charge on any atom is -0.342 e. The maximum absolute atomic E-state index is 13.4. The first-order valence-corrected chi connectivity index (χ1v) is 10.2. The zero-order chi connectivity index (χ0) is 17.4. The van der Waals surface area contributed by atoms with E-state index in [9.17, 15) is 9.59 Å². The summed E-state index contributed by atoms with van der Waals surface area (Å²) in [6.45, 7) is 3.63. The van der Waals surface area contributed by atoms with Gasteiger partial charge in [0, 0.05) is 42.4 Å². The van der Waals surface area contributed by atoms with Crippen LogP contribution in [0.3, 0.4) is 0 Å². The van der Waals surface area contributed by atoms with Gasteiger partial charge in [-0.05, 0) is 61.4 Å². The third kappa shape index (κ3) is 2.99. The minimum absolute atomic E-state index is 0.152. The van der Waals surface area contributed by atoms with Gasteiger partial charge in [0.2, 0.25) is 5.91 Å². The molecule has 1 aromatic heterocycles. The first-order valence-electron chi connectivity index (χ1n) is 9.29. The van der Waals surface area contributed by atoms with Crippen LogP contribution in [0.25, 0.3) is 0 Å². The highest BCUT2D eigenvalue weighted by molar-refractivity contribution is 7.08. The Kier molecular flexibility index (Phi) is 4.59. The molecule has 1 aromatic rings. The van der Waals surface area contributed by atoms with Crippen molar-refractivity contribution in [3.05, 3.63) is 33.7 Å². The molecule has 1 unspecified atom stereocenters. The number of hydrogen-bond acceptors (Lipinski definition) is 4. The molecule has 5 heteroatoms. The van der Waals surface area contributed by atoms with E-state index in [4.69, 9.17) is 4.99 Å². The molecule has 4 rings (SSSR count). The monoisotopic (exact) mass is 356 g/mol. The second kappa shape index (κ2) is 6.87. The number of carbonyl (C=O) groups is 2. The number of hydrogen-bond donors (Lipinski definition) is 0. The van der Waals surface area contributed by atoms with Crippen LogP contribution in [0.1, 0.15) is 56.9 Å². The zero-order valence-electron chi connectivity index (χ0n) is 14.7. The topological polar surface area (TPSA) is 49.7 Å². The van der Waals surface area contributed by atoms with Crippen molar-refractivity contribution in [2.24, 2.45) is 10.9 Å². The van der Waals surface area contributed by atoms with Crippen LogP contribution >= 0.6 is 11.3 Å². The van der Waals surface area contributed by atoms with Crippen LogP contribution in [0.15, 0.2) is 33.1 Å². The molecule has 0 radical (unpaired) electrons. The maximum atomic E-state index is 13.4. The van der Waals surface area contributed by atoms with E-state index >= 15 is 0 Å². The predicted octanol–water partition coefficient (Wildman–Crippen LogP) is 3.94. The zero-order valence-corrected chi connectivity index (χ0v) is 15.5. The number of allylic oxidation sites excluding steroid dienone is 2. The van der Waals surface area contributed by atoms with E-state index in [0.717, 1.165) is 61.3 Å². The summed E-state index contributed by atoms with van der Waals surface area (Å²) in [5.41, 5.74) is 3.70. The summed E-state index contributed by atoms with van der Waals surface area (Å²) < 4.78 is 0. The quantitative estimate of drug-likeness (QED) is 0.806. The predicted molar refractivity (Wildman–Crippen MR) is 100.0 cm³/mol. The van der Waals surface area contributed by atoms with E-state index in [1.54, 1.807) is 11.3 Å². The molecule has 0 bridgehead atoms. The highest BCUT2D eigenvalue weighted by Gasteiger charge is 2.43. The fraction of sp³-hybridized carbons (Fsp3) is 0.550. The van der Waals surface area contributed by atoms with Gasteiger partial charge in [0.1, 0.15) is 0 Å². The Morgan fingerprint density at radius 3 is 2.72 bits per heavy atom. The van der Waals surface area contributed by atoms with E-state index in [2.05, 4.69) is 11.4 Å². The molecule has 1 amide bonds. The van der Waals surface area contributed by atoms with Gasteiger partial charge in [0.05, 0.1) is 5.92 Å². The third-order valence-electron chi connectivity index (χ3n) is 5.67. The molecular formula is C20H24N2O2S. The largest absolute Gasteiger partial charge is 0.342 e. The van der Waals surface area contributed by atoms with E-state index in [1.807, 2.05) is 17.2 Å². The lowest BCUT2D eigenvalue weighted by atomic mass is 9.72. The van der Waals surface area contributed by atoms with Crippen molar-refractivity contribution in [2.45, 2.75) is 51.4 Å². The summed E-state index contributed by atoms with van der Waals surface area (Å²) in [6, 6.07) is 2.07. The number of likely N-dealkylation sites (tertiary alicyclic amines) is 1. The molecule has 25 heavy (non-hydrogen) atoms. The van der Waals surface area contributed by atoms with Gasteiger partial charge in [0.25, 0.3) is 0 Å². The normalized spacial score (nSPS) is 27.2. The Labute approximate surface area is 152 Å². The first kappa shape index (κ1) is 16.7. The summed E-state index contributed by atoms with van der Waals surface area (Å²) >= 11 is 1.63. The lowest BCUT2D eigenvalue weighted by molar-refractivity contribution is -0.134. The smallest absolute Gasteiger partial charge is 0.232 e. The van der Waals surface area contributed by atoms with Crippen molar-refractivity contribution in [1.82, 2.24) is 4.90 Å². The third-order valence-corrected chi connectivity index (χ3v) is 6.37. The highest BCUT2D eigenvalue weighted by Crippen LogP contribution is 2.44. The van der Waals surface area contributed by atoms with E-state index in [-0.39, 0.29) is 23.5 Å². The van der Waals surface area contributed by atoms with Crippen molar-refractivity contribution in [3.8, 4) is 0 Å². The van der Waals surface area contributed by atoms with Crippen molar-refractivity contribution in [3.63, 3.8) is 0 Å². The fourth-order valence-corrected chi connectivity index (χ4v) is 5.15. The number of carbonyl (C=O) groups excluding carboxylic acids is 2. The van der Waals surface area contributed by atoms with Crippen LogP contribution < -0.4 is 0 Å². The molecule has 0 spiro atoms. The summed E-state index contributed by atoms with van der Waals surface area (Å²) in [7, 11) is 0. The van der Waals surface area contributed by atoms with E-state index in [1.165, 1.54) is 6.42 Å². The number of thiophene rings is 1. The average molecular weight is 356 g/mol. The second-order valence-electron chi connectivity index (χ2n) is 7.29. The summed E-state index contributed by atoms with van der Waals surface area (Å²) in [6.07, 6.45) is 5.65. The number of nitrogens with zero attached hydrogens (tertiary/aromatic N) is 2. The van der Waals surface area contributed by atoms with Crippen LogP contribution in [0.5, 0.6) is 0 Å². The van der Waals surface area contributed by atoms with Crippen molar-refractivity contribution in [1.29, 1.82) is 0 Å². The van der Waals surface area contributed by atoms with E-state index < -0.39 is 0 Å². The molecule has 2 atom stereocenters. The van der Waals surface area contributed by atoms with Crippen molar-refractivity contribution < 1.29 is 9.59 Å². The molecule has 1 aliphatic carbocycles. The number of Topliss-reactive ketones (excluding diaryl/α,β-unsaturated/α-hetero) is 1. The van der Waals surface area contributed by atoms with E-state index in [0.29, 0.717) is 6.42 Å². The Bertz CT molecular complexity index is 742. The Morgan fingerprint density at radius 1 is 1.20 bits per heavy atom. The number of rotatable bonds is 2. The fourth-order valence-electron chi connectivity index (χ4n) is 4.45. The van der Waals surface area contributed by atoms with Crippen LogP contribution in [0, 0.1) is 5.92 Å². The molecule has 1 fully saturated rings. The lowest BCUT2D eigenvalue weighted by Gasteiger charge is -2.38. The molecule has 0 N–H and O–H groups in total. The average Bonchev–Trinajstić information content (AvgIpc) is 3.15. The minimum atomic E-state index is -0.325. The van der Waals surface area contributed by atoms with Crippen LogP contribution in [0.4, 0.5) is 0 Å². The molecule has 1 saturated heterocycles. The number of amides is 1. The number of piperidine rings is 1. The summed E-state index contributed by atoms with van der Waals surface area (Å²) in [5, 5.41) is 4.12. The van der Waals surface area contributed by atoms with Gasteiger partial charge in [0.15, 0.2) is 5.78 Å². The SMILES string of the molecule is CC1=NC2=C(C(=O)CCC2)[C@H](c2ccsc2)C1C(=O)N1CCCCC1. The molecular weight excluding hydrogens is 332 g/mol. The van der Waals surface area contributed by atoms with Gasteiger partial charge >= 0.3 is 0 Å². The standard InChI is InChI=1S/C20H24N2O2S/c1-13-17(20(24)22-9-3-2-4-10-22)18(14-8-11-25-12-14)19-15(21-13)6-5-7-16(19)23/h8,11-12,17-18H,2-7,9-10H2,1H3/t17?,18-/m1/s1. The molecule has 3 aliphatic rings. The molecule has 3 heterocycles. The maximum Gasteiger partial charge on any atom is 0.232 e. The Hall–Kier alpha value is -1.75. The Morgan fingerprint density at radius 2 is 2.00 bits per heavy atom. The number of ketones is 1. The van der Waals surface area contributed by atoms with Gasteiger partial charge in [-0.1, -0.05) is 0 Å². The van der Waals surface area contributed by atoms with Crippen molar-refractivity contribution in [2.75, 3.05) is 13.1 Å². The van der Waals surface area contributed by atoms with Crippen molar-refractivity contribution >= 4 is 28.7 Å². The van der Waals surface area contributed by atoms with Gasteiger partial charge in [-0.2, -0.15) is 11.3 Å². The highest BCUT2D eigenvalue weighted by atomic mass is 32.1. The van der Waals surface area contributed by atoms with Gasteiger partial charge in [-0.15, -0.1) is 0 Å². The van der Waals surface area contributed by atoms with Crippen LogP contribution in [0.2, 0.25) is 0 Å². The second-order valence-corrected chi connectivity index (χ2v) is 8.07. The molecule has 4 nitrogen and oxygen atoms in total. The molecule has 0 saturated carbocycles. The first-order chi connectivity index (χ1) is 12.2. The summed E-state index contributed by atoms with van der Waals surface area (Å²) in [4.78, 5) is 32.8. The molecule has 0 aromatic carbocycles. The van der Waals surface area contributed by atoms with Crippen LogP contribution in [-0.4, -0.2) is 35.4 Å². The number of aliphatic imine (C=N–C) groups is 1. The van der Waals surface area contributed by atoms with Crippen LogP contribution in [-0.2, 0) is 9.59 Å².